The van der Waals surface area contributed by atoms with E-state index in [0.29, 0.717) is 37.7 Å². The fourth-order valence-electron chi connectivity index (χ4n) is 3.37. The standard InChI is InChI=1S/C19H19FN4O2/c20-14-6-4-13(5-7-14)12-23-9-1-3-15-17(23)16(25)11-22-18(15)24-10-2-8-21-19(24)26/h1,3-7,11,25H,2,8-10,12H2,(H,21,26). The molecule has 2 N–H and O–H groups in total. The topological polar surface area (TPSA) is 68.7 Å². The number of rotatable bonds is 3. The van der Waals surface area contributed by atoms with E-state index in [0.717, 1.165) is 17.5 Å². The van der Waals surface area contributed by atoms with Crippen LogP contribution in [0.5, 0.6) is 5.75 Å². The molecule has 0 bridgehead atoms. The Labute approximate surface area is 150 Å². The third-order valence-corrected chi connectivity index (χ3v) is 4.60. The number of benzene rings is 1. The van der Waals surface area contributed by atoms with Gasteiger partial charge in [0.2, 0.25) is 0 Å². The number of anilines is 2. The molecule has 2 aliphatic heterocycles. The number of carbonyl (C=O) groups excluding carboxylic acids is 1. The van der Waals surface area contributed by atoms with Crippen LogP contribution in [0, 0.1) is 5.82 Å². The number of aromatic nitrogens is 1. The van der Waals surface area contributed by atoms with Crippen LogP contribution in [-0.4, -0.2) is 35.8 Å². The maximum Gasteiger partial charge on any atom is 0.323 e. The van der Waals surface area contributed by atoms with Gasteiger partial charge in [-0.2, -0.15) is 0 Å². The lowest BCUT2D eigenvalue weighted by Gasteiger charge is -2.33. The summed E-state index contributed by atoms with van der Waals surface area (Å²) >= 11 is 0. The summed E-state index contributed by atoms with van der Waals surface area (Å²) in [5.41, 5.74) is 2.29. The van der Waals surface area contributed by atoms with E-state index in [1.54, 1.807) is 17.0 Å². The predicted octanol–water partition coefficient (Wildman–Crippen LogP) is 2.88. The number of pyridine rings is 1. The van der Waals surface area contributed by atoms with Crippen LogP contribution in [-0.2, 0) is 6.54 Å². The first-order valence-corrected chi connectivity index (χ1v) is 8.57. The van der Waals surface area contributed by atoms with Crippen LogP contribution in [0.4, 0.5) is 20.7 Å². The first-order valence-electron chi connectivity index (χ1n) is 8.57. The quantitative estimate of drug-likeness (QED) is 0.889. The van der Waals surface area contributed by atoms with Crippen molar-refractivity contribution in [2.24, 2.45) is 0 Å². The van der Waals surface area contributed by atoms with Gasteiger partial charge in [0.15, 0.2) is 5.75 Å². The van der Waals surface area contributed by atoms with Crippen LogP contribution in [0.1, 0.15) is 17.5 Å². The normalized spacial score (nSPS) is 16.4. The zero-order chi connectivity index (χ0) is 18.1. The predicted molar refractivity (Wildman–Crippen MR) is 97.7 cm³/mol. The minimum Gasteiger partial charge on any atom is -0.504 e. The van der Waals surface area contributed by atoms with Gasteiger partial charge in [0.05, 0.1) is 11.9 Å². The van der Waals surface area contributed by atoms with Gasteiger partial charge in [-0.15, -0.1) is 0 Å². The number of carbonyl (C=O) groups is 1. The molecule has 1 saturated heterocycles. The minimum absolute atomic E-state index is 0.0626. The highest BCUT2D eigenvalue weighted by Crippen LogP contribution is 2.40. The van der Waals surface area contributed by atoms with E-state index in [-0.39, 0.29) is 17.6 Å². The average Bonchev–Trinajstić information content (AvgIpc) is 2.65. The van der Waals surface area contributed by atoms with Gasteiger partial charge in [-0.25, -0.2) is 14.2 Å². The summed E-state index contributed by atoms with van der Waals surface area (Å²) in [6, 6.07) is 6.12. The highest BCUT2D eigenvalue weighted by molar-refractivity contribution is 5.96. The number of amides is 2. The number of urea groups is 1. The van der Waals surface area contributed by atoms with Gasteiger partial charge in [-0.1, -0.05) is 24.3 Å². The van der Waals surface area contributed by atoms with E-state index >= 15 is 0 Å². The van der Waals surface area contributed by atoms with E-state index in [4.69, 9.17) is 0 Å². The Hall–Kier alpha value is -3.09. The molecule has 0 spiro atoms. The van der Waals surface area contributed by atoms with Gasteiger partial charge < -0.3 is 15.3 Å². The molecule has 7 heteroatoms. The van der Waals surface area contributed by atoms with Crippen molar-refractivity contribution < 1.29 is 14.3 Å². The first-order chi connectivity index (χ1) is 12.6. The van der Waals surface area contributed by atoms with E-state index in [1.165, 1.54) is 18.3 Å². The van der Waals surface area contributed by atoms with Crippen molar-refractivity contribution in [3.05, 3.63) is 53.5 Å². The summed E-state index contributed by atoms with van der Waals surface area (Å²) in [6.07, 6.45) is 6.08. The second-order valence-electron chi connectivity index (χ2n) is 6.38. The van der Waals surface area contributed by atoms with Crippen LogP contribution >= 0.6 is 0 Å². The zero-order valence-electron chi connectivity index (χ0n) is 14.2. The summed E-state index contributed by atoms with van der Waals surface area (Å²) in [5, 5.41) is 13.2. The molecule has 0 aliphatic carbocycles. The van der Waals surface area contributed by atoms with Gasteiger partial charge in [0.25, 0.3) is 0 Å². The smallest absolute Gasteiger partial charge is 0.323 e. The largest absolute Gasteiger partial charge is 0.504 e. The van der Waals surface area contributed by atoms with Gasteiger partial charge in [-0.3, -0.25) is 4.90 Å². The van der Waals surface area contributed by atoms with Crippen LogP contribution in [0.3, 0.4) is 0 Å². The Kier molecular flexibility index (Phi) is 4.20. The van der Waals surface area contributed by atoms with E-state index in [2.05, 4.69) is 10.3 Å². The van der Waals surface area contributed by atoms with Gasteiger partial charge >= 0.3 is 6.03 Å². The molecule has 3 heterocycles. The molecule has 2 amide bonds. The van der Waals surface area contributed by atoms with Crippen LogP contribution in [0.25, 0.3) is 6.08 Å². The molecule has 2 aromatic rings. The molecule has 0 saturated carbocycles. The lowest BCUT2D eigenvalue weighted by molar-refractivity contribution is 0.242. The van der Waals surface area contributed by atoms with Crippen LogP contribution in [0.2, 0.25) is 0 Å². The van der Waals surface area contributed by atoms with Crippen molar-refractivity contribution in [2.45, 2.75) is 13.0 Å². The SMILES string of the molecule is O=C1NCCCN1c1ncc(O)c2c1C=CCN2Cc1ccc(F)cc1. The Morgan fingerprint density at radius 2 is 2.08 bits per heavy atom. The second kappa shape index (κ2) is 6.67. The number of hydrogen-bond acceptors (Lipinski definition) is 4. The molecule has 0 atom stereocenters. The van der Waals surface area contributed by atoms with Crippen LogP contribution < -0.4 is 15.1 Å². The molecule has 134 valence electrons. The molecule has 1 aromatic heterocycles. The van der Waals surface area contributed by atoms with E-state index in [9.17, 15) is 14.3 Å². The summed E-state index contributed by atoms with van der Waals surface area (Å²) in [6.45, 7) is 2.36. The highest BCUT2D eigenvalue weighted by Gasteiger charge is 2.28. The first kappa shape index (κ1) is 16.4. The fraction of sp³-hybridized carbons (Fsp3) is 0.263. The minimum atomic E-state index is -0.280. The highest BCUT2D eigenvalue weighted by atomic mass is 19.1. The molecule has 0 radical (unpaired) electrons. The molecule has 1 fully saturated rings. The monoisotopic (exact) mass is 354 g/mol. The van der Waals surface area contributed by atoms with Crippen molar-refractivity contribution in [1.29, 1.82) is 0 Å². The summed E-state index contributed by atoms with van der Waals surface area (Å²) in [5.74, 6) is 0.320. The van der Waals surface area contributed by atoms with E-state index < -0.39 is 0 Å². The second-order valence-corrected chi connectivity index (χ2v) is 6.38. The Balaban J connectivity index is 1.71. The summed E-state index contributed by atoms with van der Waals surface area (Å²) in [7, 11) is 0. The third kappa shape index (κ3) is 2.96. The van der Waals surface area contributed by atoms with Crippen molar-refractivity contribution in [3.63, 3.8) is 0 Å². The molecular formula is C19H19FN4O2. The van der Waals surface area contributed by atoms with Crippen LogP contribution in [0.15, 0.2) is 36.5 Å². The lowest BCUT2D eigenvalue weighted by atomic mass is 10.1. The fourth-order valence-corrected chi connectivity index (χ4v) is 3.37. The number of hydrogen-bond donors (Lipinski definition) is 2. The Morgan fingerprint density at radius 3 is 2.85 bits per heavy atom. The molecule has 2 aliphatic rings. The third-order valence-electron chi connectivity index (χ3n) is 4.60. The molecule has 1 aromatic carbocycles. The molecule has 26 heavy (non-hydrogen) atoms. The van der Waals surface area contributed by atoms with Gasteiger partial charge in [0.1, 0.15) is 11.6 Å². The number of nitrogens with one attached hydrogen (secondary N) is 1. The van der Waals surface area contributed by atoms with Crippen molar-refractivity contribution >= 4 is 23.6 Å². The Morgan fingerprint density at radius 1 is 1.27 bits per heavy atom. The lowest BCUT2D eigenvalue weighted by Crippen LogP contribution is -2.47. The van der Waals surface area contributed by atoms with Crippen molar-refractivity contribution in [3.8, 4) is 5.75 Å². The molecule has 6 nitrogen and oxygen atoms in total. The van der Waals surface area contributed by atoms with Crippen molar-refractivity contribution in [2.75, 3.05) is 29.4 Å². The zero-order valence-corrected chi connectivity index (χ0v) is 14.2. The summed E-state index contributed by atoms with van der Waals surface area (Å²) < 4.78 is 13.1. The van der Waals surface area contributed by atoms with Gasteiger partial charge in [0, 0.05) is 31.7 Å². The number of halogens is 1. The Bertz CT molecular complexity index is 867. The van der Waals surface area contributed by atoms with Gasteiger partial charge in [-0.05, 0) is 24.1 Å². The number of fused-ring (bicyclic) bond motifs is 1. The van der Waals surface area contributed by atoms with E-state index in [1.807, 2.05) is 17.1 Å². The molecule has 0 unspecified atom stereocenters. The molecular weight excluding hydrogens is 335 g/mol. The maximum atomic E-state index is 13.1. The van der Waals surface area contributed by atoms with Crippen molar-refractivity contribution in [1.82, 2.24) is 10.3 Å². The maximum absolute atomic E-state index is 13.1. The summed E-state index contributed by atoms with van der Waals surface area (Å²) in [4.78, 5) is 20.1. The number of nitrogens with zero attached hydrogens (tertiary/aromatic N) is 3. The number of aromatic hydroxyl groups is 1. The molecule has 4 rings (SSSR count). The average molecular weight is 354 g/mol.